The van der Waals surface area contributed by atoms with Gasteiger partial charge in [0.05, 0.1) is 11.5 Å². The molecule has 2 fully saturated rings. The van der Waals surface area contributed by atoms with E-state index < -0.39 is 17.4 Å². The molecular formula is C15H18N4O4. The van der Waals surface area contributed by atoms with Crippen molar-refractivity contribution in [2.24, 2.45) is 5.92 Å². The molecule has 0 aromatic carbocycles. The molecule has 2 aliphatic rings. The zero-order valence-electron chi connectivity index (χ0n) is 12.8. The van der Waals surface area contributed by atoms with Crippen LogP contribution in [0, 0.1) is 5.92 Å². The Morgan fingerprint density at radius 1 is 1.35 bits per heavy atom. The molecule has 122 valence electrons. The van der Waals surface area contributed by atoms with E-state index in [2.05, 4.69) is 10.2 Å². The number of hydrogen-bond donors (Lipinski definition) is 1. The fourth-order valence-corrected chi connectivity index (χ4v) is 3.66. The normalized spacial score (nSPS) is 23.3. The number of hydrogen-bond acceptors (Lipinski definition) is 5. The van der Waals surface area contributed by atoms with Gasteiger partial charge in [-0.2, -0.15) is 5.10 Å². The highest BCUT2D eigenvalue weighted by atomic mass is 16.4. The highest BCUT2D eigenvalue weighted by molar-refractivity contribution is 5.92. The third kappa shape index (κ3) is 2.43. The summed E-state index contributed by atoms with van der Waals surface area (Å²) < 4.78 is 0. The number of rotatable bonds is 2. The van der Waals surface area contributed by atoms with E-state index >= 15 is 0 Å². The molecule has 23 heavy (non-hydrogen) atoms. The predicted molar refractivity (Wildman–Crippen MR) is 78.4 cm³/mol. The van der Waals surface area contributed by atoms with Gasteiger partial charge in [-0.1, -0.05) is 0 Å². The van der Waals surface area contributed by atoms with Crippen molar-refractivity contribution in [1.29, 1.82) is 0 Å². The lowest BCUT2D eigenvalue weighted by atomic mass is 9.77. The topological polar surface area (TPSA) is 104 Å². The SMILES string of the molecule is CN1C(=O)C[C@@H](C(=O)O)C12CCN(C(=O)c1cccnn1)CC2. The molecule has 1 aromatic rings. The van der Waals surface area contributed by atoms with Crippen LogP contribution in [0.5, 0.6) is 0 Å². The molecule has 1 aromatic heterocycles. The lowest BCUT2D eigenvalue weighted by Gasteiger charge is -2.45. The first-order valence-corrected chi connectivity index (χ1v) is 7.52. The van der Waals surface area contributed by atoms with Gasteiger partial charge in [-0.25, -0.2) is 0 Å². The molecule has 1 atom stereocenters. The maximum atomic E-state index is 12.4. The molecule has 8 heteroatoms. The van der Waals surface area contributed by atoms with Gasteiger partial charge in [0.1, 0.15) is 0 Å². The van der Waals surface area contributed by atoms with Crippen LogP contribution in [0.2, 0.25) is 0 Å². The zero-order chi connectivity index (χ0) is 16.6. The molecular weight excluding hydrogens is 300 g/mol. The van der Waals surface area contributed by atoms with Crippen molar-refractivity contribution in [3.05, 3.63) is 24.0 Å². The summed E-state index contributed by atoms with van der Waals surface area (Å²) in [4.78, 5) is 39.1. The Morgan fingerprint density at radius 3 is 2.61 bits per heavy atom. The van der Waals surface area contributed by atoms with Crippen LogP contribution < -0.4 is 0 Å². The van der Waals surface area contributed by atoms with E-state index in [1.807, 2.05) is 0 Å². The third-order valence-corrected chi connectivity index (χ3v) is 5.08. The largest absolute Gasteiger partial charge is 0.481 e. The quantitative estimate of drug-likeness (QED) is 0.824. The molecule has 0 saturated carbocycles. The van der Waals surface area contributed by atoms with Gasteiger partial charge in [0, 0.05) is 32.8 Å². The molecule has 2 saturated heterocycles. The standard InChI is InChI=1S/C15H18N4O4/c1-18-12(20)9-10(14(22)23)15(18)4-7-19(8-5-15)13(21)11-3-2-6-16-17-11/h2-3,6,10H,4-5,7-9H2,1H3,(H,22,23)/t10-/m0/s1. The molecule has 0 aliphatic carbocycles. The van der Waals surface area contributed by atoms with Crippen LogP contribution in [0.25, 0.3) is 0 Å². The fraction of sp³-hybridized carbons (Fsp3) is 0.533. The van der Waals surface area contributed by atoms with Gasteiger partial charge in [-0.05, 0) is 25.0 Å². The molecule has 8 nitrogen and oxygen atoms in total. The first-order valence-electron chi connectivity index (χ1n) is 7.52. The number of likely N-dealkylation sites (tertiary alicyclic amines) is 2. The van der Waals surface area contributed by atoms with Crippen LogP contribution >= 0.6 is 0 Å². The fourth-order valence-electron chi connectivity index (χ4n) is 3.66. The molecule has 2 amide bonds. The number of carboxylic acid groups (broad SMARTS) is 1. The first-order chi connectivity index (χ1) is 11.0. The lowest BCUT2D eigenvalue weighted by molar-refractivity contribution is -0.145. The summed E-state index contributed by atoms with van der Waals surface area (Å²) in [5, 5.41) is 17.0. The van der Waals surface area contributed by atoms with E-state index in [9.17, 15) is 19.5 Å². The highest BCUT2D eigenvalue weighted by Gasteiger charge is 2.55. The number of amides is 2. The van der Waals surface area contributed by atoms with Crippen LogP contribution in [0.15, 0.2) is 18.3 Å². The summed E-state index contributed by atoms with van der Waals surface area (Å²) in [7, 11) is 1.66. The zero-order valence-corrected chi connectivity index (χ0v) is 12.8. The monoisotopic (exact) mass is 318 g/mol. The Bertz CT molecular complexity index is 640. The molecule has 0 radical (unpaired) electrons. The Morgan fingerprint density at radius 2 is 2.04 bits per heavy atom. The highest BCUT2D eigenvalue weighted by Crippen LogP contribution is 2.42. The summed E-state index contributed by atoms with van der Waals surface area (Å²) in [5.41, 5.74) is -0.420. The van der Waals surface area contributed by atoms with Gasteiger partial charge in [0.25, 0.3) is 5.91 Å². The Balaban J connectivity index is 1.76. The Labute approximate surface area is 133 Å². The number of carboxylic acids is 1. The lowest BCUT2D eigenvalue weighted by Crippen LogP contribution is -2.57. The van der Waals surface area contributed by atoms with E-state index in [0.29, 0.717) is 25.9 Å². The average Bonchev–Trinajstić information content (AvgIpc) is 2.81. The Kier molecular flexibility index (Phi) is 3.75. The molecule has 0 unspecified atom stereocenters. The third-order valence-electron chi connectivity index (χ3n) is 5.08. The average molecular weight is 318 g/mol. The number of carbonyl (C=O) groups is 3. The second-order valence-corrected chi connectivity index (χ2v) is 6.05. The second kappa shape index (κ2) is 5.60. The number of nitrogens with zero attached hydrogens (tertiary/aromatic N) is 4. The van der Waals surface area contributed by atoms with E-state index in [4.69, 9.17) is 0 Å². The summed E-state index contributed by atoms with van der Waals surface area (Å²) >= 11 is 0. The minimum absolute atomic E-state index is 0.0317. The van der Waals surface area contributed by atoms with Crippen LogP contribution in [0.3, 0.4) is 0 Å². The minimum Gasteiger partial charge on any atom is -0.481 e. The van der Waals surface area contributed by atoms with Gasteiger partial charge in [0.15, 0.2) is 5.69 Å². The van der Waals surface area contributed by atoms with Crippen LogP contribution in [0.1, 0.15) is 29.8 Å². The van der Waals surface area contributed by atoms with Crippen molar-refractivity contribution in [3.8, 4) is 0 Å². The summed E-state index contributed by atoms with van der Waals surface area (Å²) in [6.45, 7) is 0.799. The number of piperidine rings is 1. The van der Waals surface area contributed by atoms with Gasteiger partial charge in [-0.3, -0.25) is 14.4 Å². The molecule has 2 aliphatic heterocycles. The van der Waals surface area contributed by atoms with Crippen molar-refractivity contribution in [2.75, 3.05) is 20.1 Å². The molecule has 1 spiro atoms. The number of carbonyl (C=O) groups excluding carboxylic acids is 2. The predicted octanol–water partition coefficient (Wildman–Crippen LogP) is 0.0143. The van der Waals surface area contributed by atoms with Crippen LogP contribution in [-0.4, -0.2) is 68.6 Å². The van der Waals surface area contributed by atoms with E-state index in [1.54, 1.807) is 29.0 Å². The smallest absolute Gasteiger partial charge is 0.309 e. The molecule has 1 N–H and O–H groups in total. The molecule has 3 rings (SSSR count). The van der Waals surface area contributed by atoms with Crippen molar-refractivity contribution < 1.29 is 19.5 Å². The van der Waals surface area contributed by atoms with Gasteiger partial charge in [-0.15, -0.1) is 5.10 Å². The maximum Gasteiger partial charge on any atom is 0.309 e. The van der Waals surface area contributed by atoms with Crippen molar-refractivity contribution in [2.45, 2.75) is 24.8 Å². The molecule has 0 bridgehead atoms. The first kappa shape index (κ1) is 15.4. The van der Waals surface area contributed by atoms with Crippen LogP contribution in [-0.2, 0) is 9.59 Å². The van der Waals surface area contributed by atoms with Gasteiger partial charge >= 0.3 is 5.97 Å². The van der Waals surface area contributed by atoms with Crippen LogP contribution in [0.4, 0.5) is 0 Å². The van der Waals surface area contributed by atoms with Crippen molar-refractivity contribution >= 4 is 17.8 Å². The van der Waals surface area contributed by atoms with E-state index in [1.165, 1.54) is 6.20 Å². The Hall–Kier alpha value is -2.51. The van der Waals surface area contributed by atoms with Gasteiger partial charge in [0.2, 0.25) is 5.91 Å². The maximum absolute atomic E-state index is 12.4. The van der Waals surface area contributed by atoms with Crippen molar-refractivity contribution in [1.82, 2.24) is 20.0 Å². The van der Waals surface area contributed by atoms with E-state index in [-0.39, 0.29) is 23.9 Å². The summed E-state index contributed by atoms with van der Waals surface area (Å²) in [5.74, 6) is -2.02. The van der Waals surface area contributed by atoms with E-state index in [0.717, 1.165) is 0 Å². The second-order valence-electron chi connectivity index (χ2n) is 6.05. The number of aromatic nitrogens is 2. The van der Waals surface area contributed by atoms with Gasteiger partial charge < -0.3 is 14.9 Å². The van der Waals surface area contributed by atoms with Crippen molar-refractivity contribution in [3.63, 3.8) is 0 Å². The summed E-state index contributed by atoms with van der Waals surface area (Å²) in [6.07, 6.45) is 2.44. The number of aliphatic carboxylic acids is 1. The summed E-state index contributed by atoms with van der Waals surface area (Å²) in [6, 6.07) is 3.25. The minimum atomic E-state index is -0.948. The molecule has 3 heterocycles.